The second-order valence-corrected chi connectivity index (χ2v) is 15.4. The average molecular weight is 607 g/mol. The van der Waals surface area contributed by atoms with E-state index >= 15 is 0 Å². The van der Waals surface area contributed by atoms with Gasteiger partial charge in [-0.05, 0) is 43.2 Å². The SMILES string of the molecule is CC[C@H](C)[C@@H]1NC(=O)[C@H](CC(C)C)NC(=O)C(C)(C)NC(=O)CC(C)(C)SCc2cccc(c2)CSCCNC1=O. The zero-order valence-corrected chi connectivity index (χ0v) is 27.7. The first-order valence-electron chi connectivity index (χ1n) is 14.6. The molecule has 41 heavy (non-hydrogen) atoms. The van der Waals surface area contributed by atoms with Gasteiger partial charge in [0.1, 0.15) is 17.6 Å². The fourth-order valence-electron chi connectivity index (χ4n) is 4.52. The second-order valence-electron chi connectivity index (χ2n) is 12.6. The van der Waals surface area contributed by atoms with Crippen LogP contribution in [0.2, 0.25) is 0 Å². The molecule has 2 rings (SSSR count). The maximum absolute atomic E-state index is 13.5. The number of nitrogens with one attached hydrogen (secondary N) is 4. The minimum atomic E-state index is -1.23. The molecule has 4 amide bonds. The van der Waals surface area contributed by atoms with Gasteiger partial charge in [-0.25, -0.2) is 0 Å². The topological polar surface area (TPSA) is 116 Å². The summed E-state index contributed by atoms with van der Waals surface area (Å²) < 4.78 is -0.346. The van der Waals surface area contributed by atoms with Crippen molar-refractivity contribution in [2.24, 2.45) is 11.8 Å². The van der Waals surface area contributed by atoms with Crippen LogP contribution in [0.3, 0.4) is 0 Å². The van der Waals surface area contributed by atoms with Crippen molar-refractivity contribution in [2.75, 3.05) is 12.3 Å². The van der Waals surface area contributed by atoms with Crippen LogP contribution in [0.4, 0.5) is 0 Å². The summed E-state index contributed by atoms with van der Waals surface area (Å²) in [4.78, 5) is 53.1. The third kappa shape index (κ3) is 11.9. The minimum absolute atomic E-state index is 0.0905. The van der Waals surface area contributed by atoms with Crippen molar-refractivity contribution in [3.8, 4) is 0 Å². The van der Waals surface area contributed by atoms with E-state index in [1.165, 1.54) is 11.1 Å². The maximum Gasteiger partial charge on any atom is 0.245 e. The Morgan fingerprint density at radius 2 is 1.61 bits per heavy atom. The Labute approximate surface area is 255 Å². The summed E-state index contributed by atoms with van der Waals surface area (Å²) in [7, 11) is 0. The minimum Gasteiger partial charge on any atom is -0.353 e. The Bertz CT molecular complexity index is 1060. The Kier molecular flexibility index (Phi) is 13.5. The number of carbonyl (C=O) groups excluding carboxylic acids is 4. The summed E-state index contributed by atoms with van der Waals surface area (Å²) in [6.07, 6.45) is 1.35. The fourth-order valence-corrected chi connectivity index (χ4v) is 6.29. The van der Waals surface area contributed by atoms with Gasteiger partial charge in [-0.1, -0.05) is 72.2 Å². The normalized spacial score (nSPS) is 24.1. The van der Waals surface area contributed by atoms with Gasteiger partial charge in [-0.2, -0.15) is 23.5 Å². The van der Waals surface area contributed by atoms with Gasteiger partial charge in [0.05, 0.1) is 0 Å². The highest BCUT2D eigenvalue weighted by Gasteiger charge is 2.36. The number of amides is 4. The predicted molar refractivity (Wildman–Crippen MR) is 171 cm³/mol. The lowest BCUT2D eigenvalue weighted by Gasteiger charge is -2.31. The molecule has 1 aromatic carbocycles. The van der Waals surface area contributed by atoms with E-state index in [0.717, 1.165) is 17.3 Å². The van der Waals surface area contributed by atoms with Crippen LogP contribution in [0.1, 0.15) is 85.8 Å². The molecule has 1 aliphatic rings. The summed E-state index contributed by atoms with van der Waals surface area (Å²) >= 11 is 3.45. The van der Waals surface area contributed by atoms with Crippen LogP contribution in [-0.2, 0) is 30.7 Å². The molecule has 0 unspecified atom stereocenters. The third-order valence-corrected chi connectivity index (χ3v) is 9.60. The zero-order valence-electron chi connectivity index (χ0n) is 26.0. The lowest BCUT2D eigenvalue weighted by molar-refractivity contribution is -0.136. The summed E-state index contributed by atoms with van der Waals surface area (Å²) in [6, 6.07) is 6.89. The van der Waals surface area contributed by atoms with Gasteiger partial charge < -0.3 is 21.3 Å². The van der Waals surface area contributed by atoms with Crippen LogP contribution in [0.25, 0.3) is 0 Å². The number of carbonyl (C=O) groups is 4. The molecular formula is C31H50N4O4S2. The fraction of sp³-hybridized carbons (Fsp3) is 0.677. The van der Waals surface area contributed by atoms with Gasteiger partial charge in [-0.3, -0.25) is 19.2 Å². The van der Waals surface area contributed by atoms with Gasteiger partial charge in [0.2, 0.25) is 23.6 Å². The predicted octanol–water partition coefficient (Wildman–Crippen LogP) is 4.41. The molecule has 1 aliphatic heterocycles. The van der Waals surface area contributed by atoms with E-state index in [-0.39, 0.29) is 34.8 Å². The largest absolute Gasteiger partial charge is 0.353 e. The first kappa shape index (κ1) is 35.0. The smallest absolute Gasteiger partial charge is 0.245 e. The van der Waals surface area contributed by atoms with Crippen LogP contribution in [0.15, 0.2) is 24.3 Å². The van der Waals surface area contributed by atoms with Crippen LogP contribution in [0.5, 0.6) is 0 Å². The lowest BCUT2D eigenvalue weighted by Crippen LogP contribution is -2.61. The highest BCUT2D eigenvalue weighted by atomic mass is 32.2. The third-order valence-electron chi connectivity index (χ3n) is 7.16. The average Bonchev–Trinajstić information content (AvgIpc) is 2.88. The Balaban J connectivity index is 2.32. The molecule has 8 nitrogen and oxygen atoms in total. The second kappa shape index (κ2) is 15.9. The molecule has 10 heteroatoms. The van der Waals surface area contributed by atoms with Crippen LogP contribution < -0.4 is 21.3 Å². The van der Waals surface area contributed by atoms with Gasteiger partial charge in [0, 0.05) is 35.0 Å². The summed E-state index contributed by atoms with van der Waals surface area (Å²) in [6.45, 7) is 15.7. The zero-order chi connectivity index (χ0) is 30.8. The maximum atomic E-state index is 13.5. The first-order valence-corrected chi connectivity index (χ1v) is 16.8. The van der Waals surface area contributed by atoms with E-state index in [1.54, 1.807) is 37.4 Å². The molecular weight excluding hydrogens is 556 g/mol. The number of hydrogen-bond donors (Lipinski definition) is 4. The van der Waals surface area contributed by atoms with Crippen molar-refractivity contribution in [1.82, 2.24) is 21.3 Å². The summed E-state index contributed by atoms with van der Waals surface area (Å²) in [5.74, 6) is 1.07. The van der Waals surface area contributed by atoms with Crippen LogP contribution >= 0.6 is 23.5 Å². The summed E-state index contributed by atoms with van der Waals surface area (Å²) in [5, 5.41) is 11.6. The van der Waals surface area contributed by atoms with Crippen molar-refractivity contribution in [3.05, 3.63) is 35.4 Å². The molecule has 4 N–H and O–H groups in total. The molecule has 3 atom stereocenters. The molecule has 0 saturated heterocycles. The van der Waals surface area contributed by atoms with E-state index < -0.39 is 29.4 Å². The van der Waals surface area contributed by atoms with E-state index in [9.17, 15) is 19.2 Å². The summed E-state index contributed by atoms with van der Waals surface area (Å²) in [5.41, 5.74) is 1.18. The van der Waals surface area contributed by atoms with Crippen molar-refractivity contribution in [3.63, 3.8) is 0 Å². The molecule has 1 aromatic rings. The van der Waals surface area contributed by atoms with Crippen LogP contribution in [0, 0.1) is 11.8 Å². The number of fused-ring (bicyclic) bond motifs is 2. The number of rotatable bonds is 4. The van der Waals surface area contributed by atoms with Crippen molar-refractivity contribution in [1.29, 1.82) is 0 Å². The van der Waals surface area contributed by atoms with E-state index in [4.69, 9.17) is 0 Å². The molecule has 0 fully saturated rings. The van der Waals surface area contributed by atoms with Gasteiger partial charge in [0.25, 0.3) is 0 Å². The van der Waals surface area contributed by atoms with Crippen LogP contribution in [-0.4, -0.2) is 58.3 Å². The Morgan fingerprint density at radius 3 is 2.24 bits per heavy atom. The lowest BCUT2D eigenvalue weighted by atomic mass is 9.96. The highest BCUT2D eigenvalue weighted by molar-refractivity contribution is 7.99. The highest BCUT2D eigenvalue weighted by Crippen LogP contribution is 2.32. The van der Waals surface area contributed by atoms with E-state index in [0.29, 0.717) is 19.4 Å². The Morgan fingerprint density at radius 1 is 0.951 bits per heavy atom. The molecule has 0 aromatic heterocycles. The standard InChI is InChI=1S/C31H50N4O4S2/c1-9-21(4)26-28(38)32-13-14-40-18-22-11-10-12-23(16-22)19-41-30(5,6)17-25(36)35-31(7,8)29(39)33-24(15-20(2)3)27(37)34-26/h10-12,16,20-21,24,26H,9,13-15,17-19H2,1-8H3,(H,32,38)(H,33,39)(H,34,37)(H,35,36)/t21-,24-,26-/m0/s1. The quantitative estimate of drug-likeness (QED) is 0.404. The van der Waals surface area contributed by atoms with Crippen molar-refractivity contribution >= 4 is 47.2 Å². The molecule has 0 aliphatic carbocycles. The molecule has 0 radical (unpaired) electrons. The monoisotopic (exact) mass is 606 g/mol. The molecule has 0 spiro atoms. The molecule has 1 heterocycles. The van der Waals surface area contributed by atoms with Crippen molar-refractivity contribution in [2.45, 2.75) is 109 Å². The van der Waals surface area contributed by atoms with Crippen molar-refractivity contribution < 1.29 is 19.2 Å². The van der Waals surface area contributed by atoms with E-state index in [2.05, 4.69) is 45.5 Å². The van der Waals surface area contributed by atoms with Gasteiger partial charge >= 0.3 is 0 Å². The molecule has 2 bridgehead atoms. The van der Waals surface area contributed by atoms with Gasteiger partial charge in [0.15, 0.2) is 0 Å². The first-order chi connectivity index (χ1) is 19.1. The Hall–Kier alpha value is -2.20. The number of hydrogen-bond acceptors (Lipinski definition) is 6. The molecule has 0 saturated carbocycles. The molecule has 230 valence electrons. The van der Waals surface area contributed by atoms with Gasteiger partial charge in [-0.15, -0.1) is 0 Å². The number of benzene rings is 1. The van der Waals surface area contributed by atoms with E-state index in [1.807, 2.05) is 41.5 Å². The number of thioether (sulfide) groups is 2.